The van der Waals surface area contributed by atoms with Gasteiger partial charge in [-0.25, -0.2) is 0 Å². The van der Waals surface area contributed by atoms with Crippen LogP contribution < -0.4 is 10.0 Å². The summed E-state index contributed by atoms with van der Waals surface area (Å²) in [6.45, 7) is 4.01. The Kier molecular flexibility index (Phi) is 3.89. The number of pyridine rings is 1. The second kappa shape index (κ2) is 5.67. The van der Waals surface area contributed by atoms with E-state index in [1.165, 1.54) is 0 Å². The van der Waals surface area contributed by atoms with Gasteiger partial charge in [0.15, 0.2) is 12.4 Å². The van der Waals surface area contributed by atoms with Crippen LogP contribution >= 0.6 is 9.39 Å². The van der Waals surface area contributed by atoms with E-state index in [4.69, 9.17) is 0 Å². The summed E-state index contributed by atoms with van der Waals surface area (Å²) in [7, 11) is -1.54. The highest BCUT2D eigenvalue weighted by Gasteiger charge is 2.17. The van der Waals surface area contributed by atoms with Crippen molar-refractivity contribution < 1.29 is 4.73 Å². The molecular weight excluding hydrogens is 282 g/mol. The quantitative estimate of drug-likeness (QED) is 0.522. The van der Waals surface area contributed by atoms with Crippen LogP contribution in [0.1, 0.15) is 6.42 Å². The Morgan fingerprint density at radius 2 is 2.05 bits per heavy atom. The highest BCUT2D eigenvalue weighted by Crippen LogP contribution is 2.40. The van der Waals surface area contributed by atoms with Crippen molar-refractivity contribution in [3.63, 3.8) is 0 Å². The van der Waals surface area contributed by atoms with Gasteiger partial charge in [-0.3, -0.25) is 4.31 Å². The van der Waals surface area contributed by atoms with Crippen molar-refractivity contribution in [2.45, 2.75) is 11.3 Å². The molecule has 1 aromatic heterocycles. The number of hydrogen-bond acceptors (Lipinski definition) is 3. The lowest BCUT2D eigenvalue weighted by Gasteiger charge is -2.30. The number of hydrogen-bond donors (Lipinski definition) is 1. The van der Waals surface area contributed by atoms with Crippen molar-refractivity contribution in [2.75, 3.05) is 26.2 Å². The molecular formula is C16H21N3OS. The van der Waals surface area contributed by atoms with Crippen LogP contribution in [0.3, 0.4) is 0 Å². The third kappa shape index (κ3) is 2.77. The molecule has 2 heterocycles. The monoisotopic (exact) mass is 303 g/mol. The average molecular weight is 303 g/mol. The van der Waals surface area contributed by atoms with Crippen molar-refractivity contribution in [2.24, 2.45) is 0 Å². The molecule has 0 aliphatic carbocycles. The average Bonchev–Trinajstić information content (AvgIpc) is 2.75. The van der Waals surface area contributed by atoms with Crippen molar-refractivity contribution in [3.8, 4) is 0 Å². The number of nitrogens with zero attached hydrogens (tertiary/aromatic N) is 2. The van der Waals surface area contributed by atoms with E-state index in [0.29, 0.717) is 0 Å². The summed E-state index contributed by atoms with van der Waals surface area (Å²) in [4.78, 5) is 1.16. The Labute approximate surface area is 126 Å². The molecule has 0 spiro atoms. The number of rotatable bonds is 2. The van der Waals surface area contributed by atoms with Gasteiger partial charge in [0.2, 0.25) is 0 Å². The molecule has 0 bridgehead atoms. The van der Waals surface area contributed by atoms with Crippen LogP contribution in [0.2, 0.25) is 0 Å². The zero-order chi connectivity index (χ0) is 14.9. The molecule has 1 aliphatic rings. The second-order valence-electron chi connectivity index (χ2n) is 5.44. The zero-order valence-electron chi connectivity index (χ0n) is 12.1. The molecule has 21 heavy (non-hydrogen) atoms. The molecule has 0 radical (unpaired) electrons. The van der Waals surface area contributed by atoms with Gasteiger partial charge in [-0.1, -0.05) is 17.8 Å². The van der Waals surface area contributed by atoms with Gasteiger partial charge in [-0.15, -0.1) is 9.39 Å². The SMILES string of the molecule is C=S(=C)(c1cccc2c[n+]([O-])ccc12)N1CCCNCC1. The molecule has 4 nitrogen and oxygen atoms in total. The van der Waals surface area contributed by atoms with Gasteiger partial charge in [0.05, 0.1) is 0 Å². The molecule has 0 saturated carbocycles. The van der Waals surface area contributed by atoms with Gasteiger partial charge >= 0.3 is 0 Å². The largest absolute Gasteiger partial charge is 0.619 e. The topological polar surface area (TPSA) is 42.2 Å². The lowest BCUT2D eigenvalue weighted by Crippen LogP contribution is -2.26. The Hall–Kier alpha value is -1.56. The smallest absolute Gasteiger partial charge is 0.188 e. The molecule has 0 atom stereocenters. The summed E-state index contributed by atoms with van der Waals surface area (Å²) in [6, 6.07) is 7.94. The number of aromatic nitrogens is 1. The van der Waals surface area contributed by atoms with E-state index in [1.54, 1.807) is 12.4 Å². The molecule has 0 amide bonds. The molecule has 112 valence electrons. The van der Waals surface area contributed by atoms with E-state index in [9.17, 15) is 5.21 Å². The molecule has 1 N–H and O–H groups in total. The minimum atomic E-state index is -1.54. The zero-order valence-corrected chi connectivity index (χ0v) is 12.9. The van der Waals surface area contributed by atoms with E-state index < -0.39 is 9.39 Å². The highest BCUT2D eigenvalue weighted by molar-refractivity contribution is 8.26. The van der Waals surface area contributed by atoms with Crippen LogP contribution in [-0.4, -0.2) is 42.2 Å². The number of benzene rings is 1. The fourth-order valence-corrected chi connectivity index (χ4v) is 4.95. The third-order valence-corrected chi connectivity index (χ3v) is 6.49. The predicted octanol–water partition coefficient (Wildman–Crippen LogP) is 1.71. The standard InChI is InChI=1S/C16H21N3OS/c1-21(2,19-10-4-8-17-9-12-19)16-6-3-5-14-13-18(20)11-7-15(14)16/h3,5-7,11,13,17H,1-2,4,8-10,12H2. The van der Waals surface area contributed by atoms with E-state index in [0.717, 1.165) is 53.0 Å². The number of fused-ring (bicyclic) bond motifs is 1. The summed E-state index contributed by atoms with van der Waals surface area (Å²) >= 11 is 0. The summed E-state index contributed by atoms with van der Waals surface area (Å²) in [5, 5.41) is 16.9. The molecule has 1 saturated heterocycles. The van der Waals surface area contributed by atoms with Crippen LogP contribution in [-0.2, 0) is 0 Å². The van der Waals surface area contributed by atoms with Gasteiger partial charge in [0.1, 0.15) is 0 Å². The maximum Gasteiger partial charge on any atom is 0.188 e. The fourth-order valence-electron chi connectivity index (χ4n) is 2.82. The van der Waals surface area contributed by atoms with Gasteiger partial charge in [-0.05, 0) is 25.1 Å². The Bertz CT molecular complexity index is 747. The van der Waals surface area contributed by atoms with Crippen LogP contribution in [0.5, 0.6) is 0 Å². The first kappa shape index (κ1) is 14.4. The van der Waals surface area contributed by atoms with E-state index in [2.05, 4.69) is 27.4 Å². The lowest BCUT2D eigenvalue weighted by atomic mass is 10.2. The molecule has 1 aliphatic heterocycles. The lowest BCUT2D eigenvalue weighted by molar-refractivity contribution is -0.603. The first-order valence-electron chi connectivity index (χ1n) is 7.16. The van der Waals surface area contributed by atoms with Gasteiger partial charge in [0.25, 0.3) is 0 Å². The van der Waals surface area contributed by atoms with Crippen LogP contribution in [0.25, 0.3) is 10.8 Å². The van der Waals surface area contributed by atoms with E-state index in [1.807, 2.05) is 18.2 Å². The van der Waals surface area contributed by atoms with Gasteiger partial charge in [-0.2, -0.15) is 4.73 Å². The van der Waals surface area contributed by atoms with Crippen molar-refractivity contribution in [1.29, 1.82) is 0 Å². The Balaban J connectivity index is 2.10. The highest BCUT2D eigenvalue weighted by atomic mass is 32.2. The van der Waals surface area contributed by atoms with Gasteiger partial charge in [0, 0.05) is 41.4 Å². The van der Waals surface area contributed by atoms with Crippen LogP contribution in [0.15, 0.2) is 41.6 Å². The molecule has 2 aromatic rings. The molecule has 1 aromatic carbocycles. The Morgan fingerprint density at radius 1 is 1.19 bits per heavy atom. The first-order chi connectivity index (χ1) is 10.1. The fraction of sp³-hybridized carbons (Fsp3) is 0.312. The molecule has 1 fully saturated rings. The van der Waals surface area contributed by atoms with Crippen molar-refractivity contribution >= 4 is 31.9 Å². The van der Waals surface area contributed by atoms with E-state index in [-0.39, 0.29) is 0 Å². The second-order valence-corrected chi connectivity index (χ2v) is 8.08. The molecule has 5 heteroatoms. The van der Waals surface area contributed by atoms with Gasteiger partial charge < -0.3 is 10.5 Å². The third-order valence-electron chi connectivity index (χ3n) is 3.96. The van der Waals surface area contributed by atoms with Crippen LogP contribution in [0, 0.1) is 5.21 Å². The van der Waals surface area contributed by atoms with Crippen molar-refractivity contribution in [1.82, 2.24) is 9.62 Å². The Morgan fingerprint density at radius 3 is 2.90 bits per heavy atom. The summed E-state index contributed by atoms with van der Waals surface area (Å²) in [6.07, 6.45) is 4.27. The minimum Gasteiger partial charge on any atom is -0.619 e. The summed E-state index contributed by atoms with van der Waals surface area (Å²) < 4.78 is 3.24. The minimum absolute atomic E-state index is 0.838. The predicted molar refractivity (Wildman–Crippen MR) is 92.1 cm³/mol. The maximum atomic E-state index is 11.5. The van der Waals surface area contributed by atoms with E-state index >= 15 is 0 Å². The number of nitrogens with one attached hydrogen (secondary N) is 1. The molecule has 3 rings (SSSR count). The maximum absolute atomic E-state index is 11.5. The molecule has 0 unspecified atom stereocenters. The first-order valence-corrected chi connectivity index (χ1v) is 9.09. The van der Waals surface area contributed by atoms with Crippen molar-refractivity contribution in [3.05, 3.63) is 41.9 Å². The van der Waals surface area contributed by atoms with Crippen LogP contribution in [0.4, 0.5) is 0 Å². The summed E-state index contributed by atoms with van der Waals surface area (Å²) in [5.74, 6) is 8.93. The summed E-state index contributed by atoms with van der Waals surface area (Å²) in [5.41, 5.74) is 0. The normalized spacial score (nSPS) is 17.7.